The molecular formula is C18H19N3O2S. The highest BCUT2D eigenvalue weighted by Gasteiger charge is 2.26. The van der Waals surface area contributed by atoms with Crippen molar-refractivity contribution in [3.63, 3.8) is 0 Å². The van der Waals surface area contributed by atoms with Gasteiger partial charge in [0.25, 0.3) is 11.8 Å². The molecule has 24 heavy (non-hydrogen) atoms. The van der Waals surface area contributed by atoms with E-state index in [-0.39, 0.29) is 11.8 Å². The molecule has 1 heterocycles. The van der Waals surface area contributed by atoms with E-state index in [0.717, 1.165) is 16.9 Å². The van der Waals surface area contributed by atoms with Crippen LogP contribution in [0.2, 0.25) is 0 Å². The number of fused-ring (bicyclic) bond motifs is 1. The third kappa shape index (κ3) is 3.71. The Morgan fingerprint density at radius 1 is 0.958 bits per heavy atom. The van der Waals surface area contributed by atoms with Gasteiger partial charge < -0.3 is 10.0 Å². The Balaban J connectivity index is 1.61. The Bertz CT molecular complexity index is 772. The minimum absolute atomic E-state index is 0.330. The molecular weight excluding hydrogens is 322 g/mol. The predicted molar refractivity (Wildman–Crippen MR) is 98.4 cm³/mol. The van der Waals surface area contributed by atoms with Crippen molar-refractivity contribution in [1.82, 2.24) is 5.32 Å². The Morgan fingerprint density at radius 3 is 2.33 bits per heavy atom. The van der Waals surface area contributed by atoms with Gasteiger partial charge in [-0.1, -0.05) is 26.0 Å². The lowest BCUT2D eigenvalue weighted by Crippen LogP contribution is -2.19. The van der Waals surface area contributed by atoms with Gasteiger partial charge in [-0.15, -0.1) is 0 Å². The summed E-state index contributed by atoms with van der Waals surface area (Å²) in [7, 11) is 0. The van der Waals surface area contributed by atoms with Crippen LogP contribution in [0.4, 0.5) is 11.4 Å². The molecule has 0 spiro atoms. The second-order valence-corrected chi connectivity index (χ2v) is 7.25. The first-order chi connectivity index (χ1) is 11.5. The lowest BCUT2D eigenvalue weighted by Gasteiger charge is -2.10. The Hall–Kier alpha value is -2.47. The van der Waals surface area contributed by atoms with Crippen LogP contribution in [0.15, 0.2) is 42.5 Å². The Kier molecular flexibility index (Phi) is 4.76. The minimum atomic E-state index is -0.336. The maximum absolute atomic E-state index is 11.7. The first-order valence-electron chi connectivity index (χ1n) is 7.77. The maximum Gasteiger partial charge on any atom is 0.259 e. The van der Waals surface area contributed by atoms with Crippen molar-refractivity contribution < 1.29 is 9.59 Å². The molecule has 3 N–H and O–H groups in total. The second kappa shape index (κ2) is 6.97. The molecule has 0 aliphatic carbocycles. The van der Waals surface area contributed by atoms with Crippen LogP contribution in [0.1, 0.15) is 40.1 Å². The number of nitrogens with one attached hydrogen (secondary N) is 3. The van der Waals surface area contributed by atoms with Gasteiger partial charge in [0.2, 0.25) is 0 Å². The molecule has 1 aliphatic heterocycles. The summed E-state index contributed by atoms with van der Waals surface area (Å²) in [4.78, 5) is 23.2. The summed E-state index contributed by atoms with van der Waals surface area (Å²) in [5.74, 6) is -0.666. The van der Waals surface area contributed by atoms with Crippen LogP contribution < -0.4 is 15.4 Å². The molecule has 1 aliphatic rings. The van der Waals surface area contributed by atoms with Crippen molar-refractivity contribution in [2.75, 3.05) is 10.0 Å². The van der Waals surface area contributed by atoms with Gasteiger partial charge in [-0.3, -0.25) is 14.9 Å². The van der Waals surface area contributed by atoms with Crippen molar-refractivity contribution in [1.29, 1.82) is 0 Å². The van der Waals surface area contributed by atoms with E-state index >= 15 is 0 Å². The normalized spacial score (nSPS) is 13.0. The van der Waals surface area contributed by atoms with Crippen molar-refractivity contribution in [2.45, 2.75) is 25.6 Å². The summed E-state index contributed by atoms with van der Waals surface area (Å²) < 4.78 is 3.30. The number of imide groups is 1. The van der Waals surface area contributed by atoms with E-state index in [1.165, 1.54) is 0 Å². The number of rotatable bonds is 6. The lowest BCUT2D eigenvalue weighted by molar-refractivity contribution is 0.0879. The molecule has 0 fully saturated rings. The molecule has 2 aromatic rings. The average molecular weight is 341 g/mol. The molecule has 2 amide bonds. The number of carbonyl (C=O) groups is 2. The van der Waals surface area contributed by atoms with Crippen LogP contribution in [0.5, 0.6) is 0 Å². The quantitative estimate of drug-likeness (QED) is 0.553. The first kappa shape index (κ1) is 16.4. The molecule has 0 bridgehead atoms. The van der Waals surface area contributed by atoms with Crippen LogP contribution in [-0.2, 0) is 6.54 Å². The third-order valence-corrected chi connectivity index (χ3v) is 4.42. The van der Waals surface area contributed by atoms with Gasteiger partial charge in [-0.25, -0.2) is 0 Å². The van der Waals surface area contributed by atoms with Gasteiger partial charge in [-0.05, 0) is 47.8 Å². The van der Waals surface area contributed by atoms with Crippen LogP contribution in [0.25, 0.3) is 0 Å². The Labute approximate surface area is 145 Å². The number of anilines is 2. The zero-order valence-corrected chi connectivity index (χ0v) is 14.4. The minimum Gasteiger partial charge on any atom is -0.381 e. The zero-order valence-electron chi connectivity index (χ0n) is 13.6. The van der Waals surface area contributed by atoms with E-state index in [9.17, 15) is 9.59 Å². The van der Waals surface area contributed by atoms with Gasteiger partial charge in [0, 0.05) is 23.2 Å². The highest BCUT2D eigenvalue weighted by atomic mass is 32.2. The smallest absolute Gasteiger partial charge is 0.259 e. The summed E-state index contributed by atoms with van der Waals surface area (Å²) in [6.45, 7) is 4.92. The third-order valence-electron chi connectivity index (χ3n) is 3.60. The van der Waals surface area contributed by atoms with Gasteiger partial charge in [0.05, 0.1) is 11.1 Å². The summed E-state index contributed by atoms with van der Waals surface area (Å²) >= 11 is 1.68. The number of hydrogen-bond donors (Lipinski definition) is 3. The van der Waals surface area contributed by atoms with Crippen LogP contribution >= 0.6 is 11.9 Å². The largest absolute Gasteiger partial charge is 0.381 e. The van der Waals surface area contributed by atoms with Crippen molar-refractivity contribution in [2.24, 2.45) is 0 Å². The van der Waals surface area contributed by atoms with Gasteiger partial charge in [-0.2, -0.15) is 0 Å². The van der Waals surface area contributed by atoms with Crippen molar-refractivity contribution in [3.05, 3.63) is 59.2 Å². The molecule has 6 heteroatoms. The van der Waals surface area contributed by atoms with E-state index in [2.05, 4.69) is 41.3 Å². The van der Waals surface area contributed by atoms with Gasteiger partial charge >= 0.3 is 0 Å². The molecule has 0 unspecified atom stereocenters. The highest BCUT2D eigenvalue weighted by Crippen LogP contribution is 2.21. The van der Waals surface area contributed by atoms with E-state index < -0.39 is 0 Å². The van der Waals surface area contributed by atoms with Gasteiger partial charge in [0.1, 0.15) is 0 Å². The molecule has 2 aromatic carbocycles. The van der Waals surface area contributed by atoms with Crippen molar-refractivity contribution >= 4 is 35.1 Å². The summed E-state index contributed by atoms with van der Waals surface area (Å²) in [5.41, 5.74) is 3.89. The van der Waals surface area contributed by atoms with E-state index in [1.807, 2.05) is 18.2 Å². The van der Waals surface area contributed by atoms with E-state index in [4.69, 9.17) is 0 Å². The first-order valence-corrected chi connectivity index (χ1v) is 8.65. The maximum atomic E-state index is 11.7. The fourth-order valence-electron chi connectivity index (χ4n) is 2.36. The number of amides is 2. The van der Waals surface area contributed by atoms with E-state index in [1.54, 1.807) is 24.1 Å². The number of carbonyl (C=O) groups excluding carboxylic acids is 2. The van der Waals surface area contributed by atoms with Gasteiger partial charge in [0.15, 0.2) is 0 Å². The number of benzene rings is 2. The molecule has 0 radical (unpaired) electrons. The molecule has 0 saturated heterocycles. The lowest BCUT2D eigenvalue weighted by atomic mass is 10.1. The fraction of sp³-hybridized carbons (Fsp3) is 0.222. The number of hydrogen-bond acceptors (Lipinski definition) is 5. The summed E-state index contributed by atoms with van der Waals surface area (Å²) in [6, 6.07) is 13.4. The second-order valence-electron chi connectivity index (χ2n) is 5.86. The van der Waals surface area contributed by atoms with Crippen LogP contribution in [0.3, 0.4) is 0 Å². The summed E-state index contributed by atoms with van der Waals surface area (Å²) in [5, 5.41) is 6.10. The monoisotopic (exact) mass is 341 g/mol. The van der Waals surface area contributed by atoms with E-state index in [0.29, 0.717) is 22.9 Å². The standard InChI is InChI=1S/C18H19N3O2S/c1-11(2)24-21-13-5-3-12(4-6-13)10-19-14-7-8-15-16(9-14)18(23)20-17(15)22/h3-9,11,19,21H,10H2,1-2H3,(H,20,22,23). The topological polar surface area (TPSA) is 70.2 Å². The SMILES string of the molecule is CC(C)SNc1ccc(CNc2ccc3c(c2)C(=O)NC3=O)cc1. The molecule has 0 atom stereocenters. The molecule has 0 aromatic heterocycles. The highest BCUT2D eigenvalue weighted by molar-refractivity contribution is 8.01. The van der Waals surface area contributed by atoms with Crippen LogP contribution in [-0.4, -0.2) is 17.1 Å². The summed E-state index contributed by atoms with van der Waals surface area (Å²) in [6.07, 6.45) is 0. The molecule has 5 nitrogen and oxygen atoms in total. The fourth-order valence-corrected chi connectivity index (χ4v) is 2.87. The molecule has 124 valence electrons. The predicted octanol–water partition coefficient (Wildman–Crippen LogP) is 3.65. The van der Waals surface area contributed by atoms with Crippen LogP contribution in [0, 0.1) is 0 Å². The van der Waals surface area contributed by atoms with Crippen molar-refractivity contribution in [3.8, 4) is 0 Å². The molecule has 0 saturated carbocycles. The average Bonchev–Trinajstić information content (AvgIpc) is 2.86. The Morgan fingerprint density at radius 2 is 1.62 bits per heavy atom. The molecule has 3 rings (SSSR count). The zero-order chi connectivity index (χ0) is 17.1.